The molecule has 0 bridgehead atoms. The van der Waals surface area contributed by atoms with E-state index in [0.717, 1.165) is 11.4 Å². The van der Waals surface area contributed by atoms with Crippen LogP contribution in [0.1, 0.15) is 27.4 Å². The molecule has 3 aromatic heterocycles. The van der Waals surface area contributed by atoms with E-state index < -0.39 is 5.91 Å². The smallest absolute Gasteiger partial charge is 0.277 e. The van der Waals surface area contributed by atoms with E-state index in [1.54, 1.807) is 39.8 Å². The normalized spacial score (nSPS) is 11.1. The van der Waals surface area contributed by atoms with Crippen molar-refractivity contribution < 1.29 is 9.18 Å². The Morgan fingerprint density at radius 2 is 1.93 bits per heavy atom. The van der Waals surface area contributed by atoms with Crippen LogP contribution >= 0.6 is 11.6 Å². The monoisotopic (exact) mass is 427 g/mol. The van der Waals surface area contributed by atoms with Gasteiger partial charge in [-0.1, -0.05) is 29.8 Å². The summed E-state index contributed by atoms with van der Waals surface area (Å²) in [6.07, 6.45) is 3.23. The van der Waals surface area contributed by atoms with Gasteiger partial charge in [-0.2, -0.15) is 15.3 Å². The summed E-state index contributed by atoms with van der Waals surface area (Å²) < 4.78 is 18.7. The predicted octanol–water partition coefficient (Wildman–Crippen LogP) is 3.49. The fourth-order valence-corrected chi connectivity index (χ4v) is 3.25. The van der Waals surface area contributed by atoms with Crippen molar-refractivity contribution in [2.24, 2.45) is 0 Å². The number of halogens is 2. The zero-order valence-electron chi connectivity index (χ0n) is 16.4. The number of hydrogen-bond acceptors (Lipinski definition) is 4. The van der Waals surface area contributed by atoms with E-state index in [1.165, 1.54) is 16.9 Å². The maximum absolute atomic E-state index is 13.8. The number of aryl methyl sites for hydroxylation is 2. The van der Waals surface area contributed by atoms with E-state index in [4.69, 9.17) is 11.6 Å². The molecule has 0 unspecified atom stereocenters. The molecule has 8 nitrogen and oxygen atoms in total. The van der Waals surface area contributed by atoms with Crippen molar-refractivity contribution >= 4 is 23.3 Å². The fraction of sp³-hybridized carbons (Fsp3) is 0.200. The SMILES string of the molecule is Cc1cc(C)n(Cn2ccc(C(=O)Nc3nn(Cc4ccccc4F)cc3Cl)n2)n1. The third-order valence-electron chi connectivity index (χ3n) is 4.49. The van der Waals surface area contributed by atoms with Crippen LogP contribution in [0, 0.1) is 19.7 Å². The zero-order chi connectivity index (χ0) is 21.3. The predicted molar refractivity (Wildman–Crippen MR) is 110 cm³/mol. The Morgan fingerprint density at radius 1 is 1.13 bits per heavy atom. The molecule has 0 aliphatic rings. The lowest BCUT2D eigenvalue weighted by Crippen LogP contribution is -2.16. The van der Waals surface area contributed by atoms with E-state index in [9.17, 15) is 9.18 Å². The largest absolute Gasteiger partial charge is 0.302 e. The van der Waals surface area contributed by atoms with Gasteiger partial charge in [-0.15, -0.1) is 0 Å². The quantitative estimate of drug-likeness (QED) is 0.510. The molecule has 1 amide bonds. The second-order valence-electron chi connectivity index (χ2n) is 6.88. The molecule has 0 spiro atoms. The van der Waals surface area contributed by atoms with E-state index >= 15 is 0 Å². The van der Waals surface area contributed by atoms with Crippen LogP contribution in [0.15, 0.2) is 48.8 Å². The van der Waals surface area contributed by atoms with Gasteiger partial charge in [0.25, 0.3) is 5.91 Å². The van der Waals surface area contributed by atoms with Crippen molar-refractivity contribution in [2.45, 2.75) is 27.1 Å². The van der Waals surface area contributed by atoms with Crippen LogP contribution < -0.4 is 5.32 Å². The molecule has 0 fully saturated rings. The minimum Gasteiger partial charge on any atom is -0.302 e. The van der Waals surface area contributed by atoms with Crippen LogP contribution in [0.2, 0.25) is 5.02 Å². The van der Waals surface area contributed by atoms with Crippen LogP contribution in [0.25, 0.3) is 0 Å². The van der Waals surface area contributed by atoms with E-state index in [2.05, 4.69) is 20.6 Å². The number of anilines is 1. The molecule has 4 aromatic rings. The van der Waals surface area contributed by atoms with Gasteiger partial charge in [-0.05, 0) is 32.0 Å². The lowest BCUT2D eigenvalue weighted by molar-refractivity contribution is 0.102. The number of nitrogens with zero attached hydrogens (tertiary/aromatic N) is 6. The molecule has 0 aliphatic heterocycles. The highest BCUT2D eigenvalue weighted by molar-refractivity contribution is 6.33. The Bertz CT molecular complexity index is 1210. The van der Waals surface area contributed by atoms with Crippen LogP contribution in [-0.4, -0.2) is 35.2 Å². The lowest BCUT2D eigenvalue weighted by atomic mass is 10.2. The summed E-state index contributed by atoms with van der Waals surface area (Å²) in [5.74, 6) is -0.589. The molecule has 3 heterocycles. The molecule has 10 heteroatoms. The first-order chi connectivity index (χ1) is 14.4. The Morgan fingerprint density at radius 3 is 2.67 bits per heavy atom. The third-order valence-corrected chi connectivity index (χ3v) is 4.77. The van der Waals surface area contributed by atoms with Crippen molar-refractivity contribution in [3.05, 3.63) is 82.3 Å². The number of carbonyl (C=O) groups is 1. The minimum absolute atomic E-state index is 0.186. The molecule has 0 atom stereocenters. The van der Waals surface area contributed by atoms with Crippen molar-refractivity contribution in [3.63, 3.8) is 0 Å². The van der Waals surface area contributed by atoms with Crippen LogP contribution in [0.3, 0.4) is 0 Å². The molecule has 0 aliphatic carbocycles. The zero-order valence-corrected chi connectivity index (χ0v) is 17.1. The van der Waals surface area contributed by atoms with E-state index in [0.29, 0.717) is 12.2 Å². The van der Waals surface area contributed by atoms with Gasteiger partial charge >= 0.3 is 0 Å². The van der Waals surface area contributed by atoms with Gasteiger partial charge < -0.3 is 5.32 Å². The molecule has 1 N–H and O–H groups in total. The number of benzene rings is 1. The Hall–Kier alpha value is -3.46. The second-order valence-corrected chi connectivity index (χ2v) is 7.28. The molecular weight excluding hydrogens is 409 g/mol. The van der Waals surface area contributed by atoms with E-state index in [1.807, 2.05) is 19.9 Å². The molecule has 4 rings (SSSR count). The number of nitrogens with one attached hydrogen (secondary N) is 1. The Balaban J connectivity index is 1.44. The second kappa shape index (κ2) is 8.11. The van der Waals surface area contributed by atoms with Crippen molar-refractivity contribution in [2.75, 3.05) is 5.32 Å². The lowest BCUT2D eigenvalue weighted by Gasteiger charge is -2.04. The summed E-state index contributed by atoms with van der Waals surface area (Å²) in [4.78, 5) is 12.5. The number of carbonyl (C=O) groups excluding carboxylic acids is 1. The summed E-state index contributed by atoms with van der Waals surface area (Å²) >= 11 is 6.19. The minimum atomic E-state index is -0.444. The first kappa shape index (κ1) is 19.8. The number of aromatic nitrogens is 6. The average molecular weight is 428 g/mol. The van der Waals surface area contributed by atoms with Crippen molar-refractivity contribution in [1.82, 2.24) is 29.3 Å². The first-order valence-corrected chi connectivity index (χ1v) is 9.59. The molecule has 1 aromatic carbocycles. The maximum atomic E-state index is 13.8. The molecule has 0 radical (unpaired) electrons. The summed E-state index contributed by atoms with van der Waals surface area (Å²) in [5, 5.41) is 15.8. The number of amides is 1. The maximum Gasteiger partial charge on any atom is 0.277 e. The highest BCUT2D eigenvalue weighted by Crippen LogP contribution is 2.21. The number of hydrogen-bond donors (Lipinski definition) is 1. The first-order valence-electron chi connectivity index (χ1n) is 9.21. The van der Waals surface area contributed by atoms with Crippen molar-refractivity contribution in [1.29, 1.82) is 0 Å². The molecule has 30 heavy (non-hydrogen) atoms. The molecule has 154 valence electrons. The standard InChI is InChI=1S/C20H19ClFN7O/c1-13-9-14(2)29(24-13)12-27-8-7-18(25-27)20(30)23-19-16(21)11-28(26-19)10-15-5-3-4-6-17(15)22/h3-9,11H,10,12H2,1-2H3,(H,23,26,30). The van der Waals surface area contributed by atoms with E-state index in [-0.39, 0.29) is 28.9 Å². The van der Waals surface area contributed by atoms with Gasteiger partial charge in [0.05, 0.1) is 12.2 Å². The average Bonchev–Trinajstić information content (AvgIpc) is 3.38. The van der Waals surface area contributed by atoms with Gasteiger partial charge in [-0.3, -0.25) is 14.2 Å². The highest BCUT2D eigenvalue weighted by Gasteiger charge is 2.15. The topological polar surface area (TPSA) is 82.6 Å². The van der Waals surface area contributed by atoms with Crippen LogP contribution in [-0.2, 0) is 13.2 Å². The van der Waals surface area contributed by atoms with Crippen LogP contribution in [0.4, 0.5) is 10.2 Å². The van der Waals surface area contributed by atoms with Crippen LogP contribution in [0.5, 0.6) is 0 Å². The van der Waals surface area contributed by atoms with Gasteiger partial charge in [0.2, 0.25) is 0 Å². The Labute approximate surface area is 176 Å². The summed E-state index contributed by atoms with van der Waals surface area (Å²) in [5.41, 5.74) is 2.60. The highest BCUT2D eigenvalue weighted by atomic mass is 35.5. The molecule has 0 saturated heterocycles. The molecular formula is C20H19ClFN7O. The van der Waals surface area contributed by atoms with Gasteiger partial charge in [-0.25, -0.2) is 9.07 Å². The van der Waals surface area contributed by atoms with Gasteiger partial charge in [0.1, 0.15) is 17.5 Å². The fourth-order valence-electron chi connectivity index (χ4n) is 3.05. The summed E-state index contributed by atoms with van der Waals surface area (Å²) in [6, 6.07) is 9.98. The van der Waals surface area contributed by atoms with Crippen molar-refractivity contribution in [3.8, 4) is 0 Å². The molecule has 0 saturated carbocycles. The summed E-state index contributed by atoms with van der Waals surface area (Å²) in [6.45, 7) is 4.46. The number of rotatable bonds is 6. The third kappa shape index (κ3) is 4.25. The summed E-state index contributed by atoms with van der Waals surface area (Å²) in [7, 11) is 0. The Kier molecular flexibility index (Phi) is 5.37. The van der Waals surface area contributed by atoms with Gasteiger partial charge in [0.15, 0.2) is 11.5 Å². The van der Waals surface area contributed by atoms with Gasteiger partial charge in [0, 0.05) is 23.7 Å².